The fourth-order valence-corrected chi connectivity index (χ4v) is 4.36. The maximum absolute atomic E-state index is 13.8. The second-order valence-electron chi connectivity index (χ2n) is 9.48. The standard InChI is InChI=1S/C27H33N3O3/c1-18(2)17-33-22-9-7-21(8-10-22)24-25(29-14-12-28(5)13-15-29)27(32)30(26(24)31)23-11-6-19(3)16-20(23)4/h6-11,16,18H,12-15,17H2,1-5H3. The van der Waals surface area contributed by atoms with E-state index in [4.69, 9.17) is 4.74 Å². The second kappa shape index (κ2) is 9.40. The monoisotopic (exact) mass is 447 g/mol. The number of amides is 2. The van der Waals surface area contributed by atoms with E-state index in [1.807, 2.05) is 56.3 Å². The van der Waals surface area contributed by atoms with Crippen molar-refractivity contribution in [2.45, 2.75) is 27.7 Å². The van der Waals surface area contributed by atoms with Crippen LogP contribution in [0.3, 0.4) is 0 Å². The molecular formula is C27H33N3O3. The summed E-state index contributed by atoms with van der Waals surface area (Å²) in [6.07, 6.45) is 0. The molecule has 1 fully saturated rings. The predicted molar refractivity (Wildman–Crippen MR) is 131 cm³/mol. The maximum Gasteiger partial charge on any atom is 0.282 e. The number of piperazine rings is 1. The van der Waals surface area contributed by atoms with Crippen LogP contribution in [0, 0.1) is 19.8 Å². The molecule has 0 unspecified atom stereocenters. The number of hydrogen-bond acceptors (Lipinski definition) is 5. The van der Waals surface area contributed by atoms with Gasteiger partial charge in [0.2, 0.25) is 0 Å². The van der Waals surface area contributed by atoms with Crippen LogP contribution in [0.2, 0.25) is 0 Å². The van der Waals surface area contributed by atoms with Crippen molar-refractivity contribution < 1.29 is 14.3 Å². The number of rotatable bonds is 6. The molecule has 0 aliphatic carbocycles. The van der Waals surface area contributed by atoms with E-state index >= 15 is 0 Å². The Bertz CT molecular complexity index is 1080. The minimum absolute atomic E-state index is 0.244. The van der Waals surface area contributed by atoms with Gasteiger partial charge in [-0.25, -0.2) is 4.90 Å². The summed E-state index contributed by atoms with van der Waals surface area (Å²) in [7, 11) is 2.08. The molecule has 1 saturated heterocycles. The van der Waals surface area contributed by atoms with E-state index in [1.165, 1.54) is 4.90 Å². The molecule has 2 aromatic carbocycles. The molecule has 0 spiro atoms. The smallest absolute Gasteiger partial charge is 0.282 e. The molecule has 0 saturated carbocycles. The Hall–Kier alpha value is -3.12. The molecule has 0 aromatic heterocycles. The molecular weight excluding hydrogens is 414 g/mol. The van der Waals surface area contributed by atoms with E-state index in [1.54, 1.807) is 0 Å². The lowest BCUT2D eigenvalue weighted by atomic mass is 10.0. The molecule has 6 nitrogen and oxygen atoms in total. The Kier molecular flexibility index (Phi) is 6.56. The number of nitrogens with zero attached hydrogens (tertiary/aromatic N) is 3. The molecule has 6 heteroatoms. The van der Waals surface area contributed by atoms with Crippen molar-refractivity contribution in [3.8, 4) is 5.75 Å². The molecule has 2 amide bonds. The van der Waals surface area contributed by atoms with E-state index in [0.717, 1.165) is 35.5 Å². The van der Waals surface area contributed by atoms with E-state index < -0.39 is 0 Å². The van der Waals surface area contributed by atoms with Crippen LogP contribution in [0.25, 0.3) is 5.57 Å². The fraction of sp³-hybridized carbons (Fsp3) is 0.407. The SMILES string of the molecule is Cc1ccc(N2C(=O)C(c3ccc(OCC(C)C)cc3)=C(N3CCN(C)CC3)C2=O)c(C)c1. The molecule has 33 heavy (non-hydrogen) atoms. The highest BCUT2D eigenvalue weighted by atomic mass is 16.5. The molecule has 0 N–H and O–H groups in total. The maximum atomic E-state index is 13.8. The Morgan fingerprint density at radius 3 is 2.18 bits per heavy atom. The molecule has 2 aromatic rings. The second-order valence-corrected chi connectivity index (χ2v) is 9.48. The van der Waals surface area contributed by atoms with Gasteiger partial charge in [-0.1, -0.05) is 43.7 Å². The van der Waals surface area contributed by atoms with Crippen LogP contribution in [0.15, 0.2) is 48.2 Å². The van der Waals surface area contributed by atoms with Gasteiger partial charge in [0.25, 0.3) is 11.8 Å². The molecule has 2 aliphatic rings. The number of aryl methyl sites for hydroxylation is 2. The van der Waals surface area contributed by atoms with Gasteiger partial charge in [0, 0.05) is 26.2 Å². The first-order valence-electron chi connectivity index (χ1n) is 11.6. The first kappa shape index (κ1) is 23.1. The number of anilines is 1. The summed E-state index contributed by atoms with van der Waals surface area (Å²) in [6.45, 7) is 11.9. The molecule has 2 heterocycles. The van der Waals surface area contributed by atoms with Gasteiger partial charge in [-0.2, -0.15) is 0 Å². The van der Waals surface area contributed by atoms with Gasteiger partial charge in [-0.3, -0.25) is 9.59 Å². The van der Waals surface area contributed by atoms with E-state index in [-0.39, 0.29) is 11.8 Å². The first-order chi connectivity index (χ1) is 15.8. The summed E-state index contributed by atoms with van der Waals surface area (Å²) in [5.41, 5.74) is 4.37. The van der Waals surface area contributed by atoms with Crippen LogP contribution < -0.4 is 9.64 Å². The number of benzene rings is 2. The van der Waals surface area contributed by atoms with Crippen LogP contribution in [0.4, 0.5) is 5.69 Å². The van der Waals surface area contributed by atoms with Crippen molar-refractivity contribution in [3.63, 3.8) is 0 Å². The third kappa shape index (κ3) is 4.67. The molecule has 0 atom stereocenters. The minimum atomic E-state index is -0.267. The van der Waals surface area contributed by atoms with E-state index in [2.05, 4.69) is 30.7 Å². The number of likely N-dealkylation sites (N-methyl/N-ethyl adjacent to an activating group) is 1. The Morgan fingerprint density at radius 2 is 1.58 bits per heavy atom. The van der Waals surface area contributed by atoms with Crippen molar-refractivity contribution in [1.82, 2.24) is 9.80 Å². The normalized spacial score (nSPS) is 17.5. The van der Waals surface area contributed by atoms with E-state index in [9.17, 15) is 9.59 Å². The van der Waals surface area contributed by atoms with Gasteiger partial charge in [-0.05, 0) is 56.1 Å². The van der Waals surface area contributed by atoms with Crippen molar-refractivity contribution in [3.05, 3.63) is 64.9 Å². The summed E-state index contributed by atoms with van der Waals surface area (Å²) in [6, 6.07) is 13.3. The predicted octanol–water partition coefficient (Wildman–Crippen LogP) is 3.87. The van der Waals surface area contributed by atoms with Crippen LogP contribution in [0.1, 0.15) is 30.5 Å². The lowest BCUT2D eigenvalue weighted by molar-refractivity contribution is -0.120. The first-order valence-corrected chi connectivity index (χ1v) is 11.6. The largest absolute Gasteiger partial charge is 0.493 e. The van der Waals surface area contributed by atoms with E-state index in [0.29, 0.717) is 42.6 Å². The molecule has 174 valence electrons. The van der Waals surface area contributed by atoms with Gasteiger partial charge in [-0.15, -0.1) is 0 Å². The van der Waals surface area contributed by atoms with Gasteiger partial charge in [0.1, 0.15) is 11.4 Å². The molecule has 0 bridgehead atoms. The Morgan fingerprint density at radius 1 is 0.909 bits per heavy atom. The van der Waals surface area contributed by atoms with Crippen LogP contribution in [-0.4, -0.2) is 61.4 Å². The number of carbonyl (C=O) groups excluding carboxylic acids is 2. The number of imide groups is 1. The summed E-state index contributed by atoms with van der Waals surface area (Å²) in [5, 5.41) is 0. The van der Waals surface area contributed by atoms with Crippen molar-refractivity contribution in [1.29, 1.82) is 0 Å². The van der Waals surface area contributed by atoms with Crippen molar-refractivity contribution in [2.75, 3.05) is 44.7 Å². The zero-order valence-corrected chi connectivity index (χ0v) is 20.2. The highest BCUT2D eigenvalue weighted by Crippen LogP contribution is 2.37. The summed E-state index contributed by atoms with van der Waals surface area (Å²) < 4.78 is 5.81. The molecule has 2 aliphatic heterocycles. The zero-order chi connectivity index (χ0) is 23.7. The van der Waals surface area contributed by atoms with Gasteiger partial charge < -0.3 is 14.5 Å². The Labute approximate surface area is 196 Å². The molecule has 0 radical (unpaired) electrons. The highest BCUT2D eigenvalue weighted by molar-refractivity contribution is 6.45. The quantitative estimate of drug-likeness (QED) is 0.630. The van der Waals surface area contributed by atoms with Gasteiger partial charge in [0.15, 0.2) is 0 Å². The lowest BCUT2D eigenvalue weighted by Gasteiger charge is -2.34. The number of ether oxygens (including phenoxy) is 1. The number of hydrogen-bond donors (Lipinski definition) is 0. The average molecular weight is 448 g/mol. The van der Waals surface area contributed by atoms with Gasteiger partial charge >= 0.3 is 0 Å². The van der Waals surface area contributed by atoms with Crippen molar-refractivity contribution in [2.24, 2.45) is 5.92 Å². The average Bonchev–Trinajstić information content (AvgIpc) is 3.03. The summed E-state index contributed by atoms with van der Waals surface area (Å²) in [5.74, 6) is 0.678. The minimum Gasteiger partial charge on any atom is -0.493 e. The van der Waals surface area contributed by atoms with Crippen LogP contribution >= 0.6 is 0 Å². The Balaban J connectivity index is 1.74. The fourth-order valence-electron chi connectivity index (χ4n) is 4.36. The molecule has 4 rings (SSSR count). The third-order valence-corrected chi connectivity index (χ3v) is 6.20. The topological polar surface area (TPSA) is 53.1 Å². The van der Waals surface area contributed by atoms with Gasteiger partial charge in [0.05, 0.1) is 17.9 Å². The van der Waals surface area contributed by atoms with Crippen LogP contribution in [-0.2, 0) is 9.59 Å². The van der Waals surface area contributed by atoms with Crippen LogP contribution in [0.5, 0.6) is 5.75 Å². The summed E-state index contributed by atoms with van der Waals surface area (Å²) >= 11 is 0. The lowest BCUT2D eigenvalue weighted by Crippen LogP contribution is -2.46. The third-order valence-electron chi connectivity index (χ3n) is 6.20. The summed E-state index contributed by atoms with van der Waals surface area (Å²) in [4.78, 5) is 33.1. The zero-order valence-electron chi connectivity index (χ0n) is 20.2. The number of carbonyl (C=O) groups is 2. The van der Waals surface area contributed by atoms with Crippen molar-refractivity contribution >= 4 is 23.1 Å². The highest BCUT2D eigenvalue weighted by Gasteiger charge is 2.43.